The molecule has 0 bridgehead atoms. The molecule has 0 fully saturated rings. The van der Waals surface area contributed by atoms with E-state index in [0.29, 0.717) is 0 Å². The molecule has 2 unspecified atom stereocenters. The van der Waals surface area contributed by atoms with Gasteiger partial charge in [0.25, 0.3) is 4.76 Å². The first-order valence-corrected chi connectivity index (χ1v) is 4.12. The van der Waals surface area contributed by atoms with Crippen LogP contribution in [0, 0.1) is 0 Å². The first-order chi connectivity index (χ1) is 4.52. The van der Waals surface area contributed by atoms with Crippen molar-refractivity contribution in [2.45, 2.75) is 10.3 Å². The zero-order valence-corrected chi connectivity index (χ0v) is 7.92. The van der Waals surface area contributed by atoms with E-state index < -0.39 is 16.9 Å². The first kappa shape index (κ1) is 10.9. The fourth-order valence-electron chi connectivity index (χ4n) is 0.253. The molecule has 0 saturated heterocycles. The maximum atomic E-state index is 12.5. The topological polar surface area (TPSA) is 29.1 Å². The van der Waals surface area contributed by atoms with Gasteiger partial charge >= 0.3 is 0 Å². The van der Waals surface area contributed by atoms with Crippen LogP contribution >= 0.6 is 39.1 Å². The number of rotatable bonds is 4. The first-order valence-electron chi connectivity index (χ1n) is 2.35. The minimum atomic E-state index is -2.39. The second-order valence-electron chi connectivity index (χ2n) is 1.46. The molecule has 10 heavy (non-hydrogen) atoms. The highest BCUT2D eigenvalue weighted by Crippen LogP contribution is 2.24. The Morgan fingerprint density at radius 2 is 2.30 bits per heavy atom. The van der Waals surface area contributed by atoms with E-state index in [1.807, 2.05) is 0 Å². The number of ether oxygens (including phenoxy) is 1. The van der Waals surface area contributed by atoms with Gasteiger partial charge in [-0.25, -0.2) is 5.11 Å². The molecular formula is C4H5BrCl2FO2. The van der Waals surface area contributed by atoms with Crippen LogP contribution in [0.25, 0.3) is 0 Å². The summed E-state index contributed by atoms with van der Waals surface area (Å²) in [4.78, 5) is 0. The number of hydrogen-bond acceptors (Lipinski definition) is 1. The van der Waals surface area contributed by atoms with Crippen LogP contribution in [-0.4, -0.2) is 22.8 Å². The number of hydrogen-bond donors (Lipinski definition) is 0. The van der Waals surface area contributed by atoms with E-state index in [1.54, 1.807) is 0 Å². The van der Waals surface area contributed by atoms with Crippen LogP contribution in [0.4, 0.5) is 4.39 Å². The predicted molar refractivity (Wildman–Crippen MR) is 39.8 cm³/mol. The van der Waals surface area contributed by atoms with Gasteiger partial charge in [0.05, 0.1) is 5.88 Å². The lowest BCUT2D eigenvalue weighted by Crippen LogP contribution is -2.27. The molecular weight excluding hydrogens is 250 g/mol. The Bertz CT molecular complexity index is 103. The van der Waals surface area contributed by atoms with Crippen LogP contribution in [-0.2, 0) is 9.84 Å². The Balaban J connectivity index is 3.64. The fourth-order valence-corrected chi connectivity index (χ4v) is 0.790. The standard InChI is InChI=1S/C4H5BrCl2FO2/c5-4(8,2-9)10-3(7)1-6/h3H,1-2H2. The minimum absolute atomic E-state index is 0.0706. The smallest absolute Gasteiger partial charge is 0.293 e. The summed E-state index contributed by atoms with van der Waals surface area (Å²) in [5.41, 5.74) is -0.986. The molecule has 1 radical (unpaired) electrons. The van der Waals surface area contributed by atoms with Gasteiger partial charge in [-0.2, -0.15) is 4.39 Å². The van der Waals surface area contributed by atoms with Crippen molar-refractivity contribution in [3.05, 3.63) is 0 Å². The summed E-state index contributed by atoms with van der Waals surface area (Å²) in [6.07, 6.45) is 0. The summed E-state index contributed by atoms with van der Waals surface area (Å²) < 4.78 is 14.4. The predicted octanol–water partition coefficient (Wildman–Crippen LogP) is 2.26. The van der Waals surface area contributed by atoms with Crippen LogP contribution in [0.3, 0.4) is 0 Å². The SMILES string of the molecule is [O]CC(F)(Br)OC(Cl)CCl. The lowest BCUT2D eigenvalue weighted by atomic mass is 10.7. The van der Waals surface area contributed by atoms with Crippen molar-refractivity contribution in [1.82, 2.24) is 0 Å². The molecule has 0 saturated carbocycles. The third kappa shape index (κ3) is 4.68. The second kappa shape index (κ2) is 4.72. The molecule has 0 aliphatic heterocycles. The Morgan fingerprint density at radius 1 is 1.80 bits per heavy atom. The highest BCUT2D eigenvalue weighted by atomic mass is 79.9. The third-order valence-corrected chi connectivity index (χ3v) is 1.69. The average molecular weight is 255 g/mol. The highest BCUT2D eigenvalue weighted by molar-refractivity contribution is 9.10. The maximum Gasteiger partial charge on any atom is 0.293 e. The lowest BCUT2D eigenvalue weighted by Gasteiger charge is -2.17. The molecule has 0 amide bonds. The van der Waals surface area contributed by atoms with E-state index in [4.69, 9.17) is 23.2 Å². The van der Waals surface area contributed by atoms with Gasteiger partial charge in [0.1, 0.15) is 5.56 Å². The summed E-state index contributed by atoms with van der Waals surface area (Å²) in [5.74, 6) is -0.0706. The fraction of sp³-hybridized carbons (Fsp3) is 1.00. The summed E-state index contributed by atoms with van der Waals surface area (Å²) in [6.45, 7) is -1.06. The Labute approximate surface area is 76.4 Å². The molecule has 0 heterocycles. The van der Waals surface area contributed by atoms with Crippen molar-refractivity contribution in [3.8, 4) is 0 Å². The minimum Gasteiger partial charge on any atom is -0.315 e. The van der Waals surface area contributed by atoms with E-state index in [1.165, 1.54) is 0 Å². The van der Waals surface area contributed by atoms with Gasteiger partial charge in [-0.3, -0.25) is 0 Å². The van der Waals surface area contributed by atoms with E-state index >= 15 is 0 Å². The van der Waals surface area contributed by atoms with Gasteiger partial charge in [-0.15, -0.1) is 11.6 Å². The molecule has 61 valence electrons. The molecule has 6 heteroatoms. The van der Waals surface area contributed by atoms with Gasteiger partial charge in [-0.05, 0) is 15.9 Å². The Kier molecular flexibility index (Phi) is 5.15. The molecule has 0 aromatic rings. The normalized spacial score (nSPS) is 20.1. The Hall–Kier alpha value is 0.910. The highest BCUT2D eigenvalue weighted by Gasteiger charge is 2.29. The summed E-state index contributed by atoms with van der Waals surface area (Å²) in [7, 11) is 0. The van der Waals surface area contributed by atoms with Crippen LogP contribution in [0.1, 0.15) is 0 Å². The third-order valence-electron chi connectivity index (χ3n) is 0.590. The van der Waals surface area contributed by atoms with Gasteiger partial charge in [-0.1, -0.05) is 11.6 Å². The molecule has 0 aromatic carbocycles. The quantitative estimate of drug-likeness (QED) is 0.708. The molecule has 0 aliphatic rings. The zero-order valence-electron chi connectivity index (χ0n) is 4.82. The van der Waals surface area contributed by atoms with E-state index in [2.05, 4.69) is 20.7 Å². The van der Waals surface area contributed by atoms with Crippen LogP contribution in [0.2, 0.25) is 0 Å². The summed E-state index contributed by atoms with van der Waals surface area (Å²) >= 11 is 12.8. The van der Waals surface area contributed by atoms with Crippen molar-refractivity contribution in [3.63, 3.8) is 0 Å². The van der Waals surface area contributed by atoms with Gasteiger partial charge in [0.15, 0.2) is 6.61 Å². The van der Waals surface area contributed by atoms with E-state index in [0.717, 1.165) is 0 Å². The molecule has 2 atom stereocenters. The van der Waals surface area contributed by atoms with Crippen molar-refractivity contribution < 1.29 is 14.2 Å². The lowest BCUT2D eigenvalue weighted by molar-refractivity contribution is -0.115. The molecule has 0 aromatic heterocycles. The zero-order chi connectivity index (χ0) is 8.20. The molecule has 0 N–H and O–H groups in total. The number of alkyl halides is 4. The number of halogens is 4. The maximum absolute atomic E-state index is 12.5. The van der Waals surface area contributed by atoms with Gasteiger partial charge in [0.2, 0.25) is 0 Å². The molecule has 0 aliphatic carbocycles. The van der Waals surface area contributed by atoms with Crippen LogP contribution in [0.15, 0.2) is 0 Å². The van der Waals surface area contributed by atoms with Crippen molar-refractivity contribution >= 4 is 39.1 Å². The monoisotopic (exact) mass is 253 g/mol. The molecule has 0 spiro atoms. The van der Waals surface area contributed by atoms with Crippen LogP contribution in [0.5, 0.6) is 0 Å². The van der Waals surface area contributed by atoms with Crippen molar-refractivity contribution in [2.75, 3.05) is 12.5 Å². The Morgan fingerprint density at radius 3 is 2.60 bits per heavy atom. The second-order valence-corrected chi connectivity index (χ2v) is 3.44. The van der Waals surface area contributed by atoms with Gasteiger partial charge < -0.3 is 4.74 Å². The molecule has 0 rings (SSSR count). The van der Waals surface area contributed by atoms with Crippen LogP contribution < -0.4 is 0 Å². The molecule has 2 nitrogen and oxygen atoms in total. The summed E-state index contributed by atoms with van der Waals surface area (Å²) in [5, 5.41) is 9.95. The van der Waals surface area contributed by atoms with Crippen molar-refractivity contribution in [2.24, 2.45) is 0 Å². The average Bonchev–Trinajstić information content (AvgIpc) is 1.87. The van der Waals surface area contributed by atoms with E-state index in [9.17, 15) is 9.50 Å². The van der Waals surface area contributed by atoms with Crippen molar-refractivity contribution in [1.29, 1.82) is 0 Å². The summed E-state index contributed by atoms with van der Waals surface area (Å²) in [6, 6.07) is 0. The van der Waals surface area contributed by atoms with E-state index in [-0.39, 0.29) is 5.88 Å². The van der Waals surface area contributed by atoms with Gasteiger partial charge in [0, 0.05) is 0 Å². The largest absolute Gasteiger partial charge is 0.315 e.